The molecule has 2 fully saturated rings. The normalized spacial score (nSPS) is 19.5. The molecule has 0 aliphatic carbocycles. The van der Waals surface area contributed by atoms with Crippen molar-refractivity contribution in [1.82, 2.24) is 9.80 Å². The highest BCUT2D eigenvalue weighted by atomic mass is 16.2. The number of benzene rings is 1. The number of likely N-dealkylation sites (tertiary alicyclic amines) is 2. The van der Waals surface area contributed by atoms with Gasteiger partial charge in [0.2, 0.25) is 5.91 Å². The molecule has 5 nitrogen and oxygen atoms in total. The maximum absolute atomic E-state index is 12.3. The van der Waals surface area contributed by atoms with Gasteiger partial charge >= 0.3 is 0 Å². The lowest BCUT2D eigenvalue weighted by molar-refractivity contribution is -0.117. The van der Waals surface area contributed by atoms with Gasteiger partial charge in [0.1, 0.15) is 0 Å². The van der Waals surface area contributed by atoms with E-state index in [0.29, 0.717) is 12.1 Å². The topological polar surface area (TPSA) is 52.7 Å². The highest BCUT2D eigenvalue weighted by Crippen LogP contribution is 2.17. The van der Waals surface area contributed by atoms with E-state index in [1.807, 2.05) is 17.0 Å². The highest BCUT2D eigenvalue weighted by molar-refractivity contribution is 5.96. The molecule has 0 aromatic heterocycles. The Morgan fingerprint density at radius 1 is 1.04 bits per heavy atom. The van der Waals surface area contributed by atoms with Crippen LogP contribution < -0.4 is 5.32 Å². The van der Waals surface area contributed by atoms with Gasteiger partial charge in [-0.2, -0.15) is 0 Å². The number of nitrogens with zero attached hydrogens (tertiary/aromatic N) is 2. The zero-order valence-corrected chi connectivity index (χ0v) is 14.5. The number of nitrogens with one attached hydrogen (secondary N) is 1. The van der Waals surface area contributed by atoms with Gasteiger partial charge in [-0.1, -0.05) is 6.92 Å². The van der Waals surface area contributed by atoms with Crippen LogP contribution in [0.5, 0.6) is 0 Å². The van der Waals surface area contributed by atoms with Gasteiger partial charge in [0.05, 0.1) is 6.54 Å². The predicted octanol–water partition coefficient (Wildman–Crippen LogP) is 2.59. The monoisotopic (exact) mass is 329 g/mol. The molecule has 0 unspecified atom stereocenters. The summed E-state index contributed by atoms with van der Waals surface area (Å²) in [5.74, 6) is 0.876. The molecule has 0 bridgehead atoms. The maximum Gasteiger partial charge on any atom is 0.253 e. The average molecular weight is 329 g/mol. The van der Waals surface area contributed by atoms with Gasteiger partial charge < -0.3 is 10.2 Å². The van der Waals surface area contributed by atoms with Gasteiger partial charge in [0.25, 0.3) is 5.91 Å². The maximum atomic E-state index is 12.3. The Bertz CT molecular complexity index is 571. The van der Waals surface area contributed by atoms with E-state index < -0.39 is 0 Å². The van der Waals surface area contributed by atoms with E-state index in [4.69, 9.17) is 0 Å². The van der Waals surface area contributed by atoms with Crippen LogP contribution in [0.15, 0.2) is 24.3 Å². The molecule has 130 valence electrons. The third-order valence-corrected chi connectivity index (χ3v) is 5.05. The van der Waals surface area contributed by atoms with E-state index in [-0.39, 0.29) is 11.8 Å². The van der Waals surface area contributed by atoms with Crippen LogP contribution in [-0.2, 0) is 4.79 Å². The number of piperidine rings is 1. The fourth-order valence-electron chi connectivity index (χ4n) is 3.42. The Hall–Kier alpha value is -1.88. The third kappa shape index (κ3) is 4.35. The molecule has 1 aromatic rings. The summed E-state index contributed by atoms with van der Waals surface area (Å²) in [5.41, 5.74) is 1.45. The molecular weight excluding hydrogens is 302 g/mol. The number of carbonyl (C=O) groups excluding carboxylic acids is 2. The first kappa shape index (κ1) is 17.0. The van der Waals surface area contributed by atoms with Gasteiger partial charge in [0, 0.05) is 24.3 Å². The van der Waals surface area contributed by atoms with Gasteiger partial charge in [0.15, 0.2) is 0 Å². The SMILES string of the molecule is CC1CCN(CC(=O)Nc2ccc(C(=O)N3CCCC3)cc2)CC1. The van der Waals surface area contributed by atoms with Crippen molar-refractivity contribution in [1.29, 1.82) is 0 Å². The van der Waals surface area contributed by atoms with Crippen molar-refractivity contribution in [3.8, 4) is 0 Å². The third-order valence-electron chi connectivity index (χ3n) is 5.05. The van der Waals surface area contributed by atoms with Crippen molar-refractivity contribution in [2.24, 2.45) is 5.92 Å². The Labute approximate surface area is 144 Å². The second kappa shape index (κ2) is 7.79. The Balaban J connectivity index is 1.50. The summed E-state index contributed by atoms with van der Waals surface area (Å²) in [7, 11) is 0. The first-order chi connectivity index (χ1) is 11.6. The van der Waals surface area contributed by atoms with E-state index in [9.17, 15) is 9.59 Å². The second-order valence-electron chi connectivity index (χ2n) is 7.08. The predicted molar refractivity (Wildman–Crippen MR) is 95.0 cm³/mol. The van der Waals surface area contributed by atoms with Gasteiger partial charge in [-0.25, -0.2) is 0 Å². The number of hydrogen-bond acceptors (Lipinski definition) is 3. The molecule has 1 aromatic carbocycles. The fraction of sp³-hybridized carbons (Fsp3) is 0.579. The molecule has 24 heavy (non-hydrogen) atoms. The number of rotatable bonds is 4. The quantitative estimate of drug-likeness (QED) is 0.924. The van der Waals surface area contributed by atoms with Crippen molar-refractivity contribution in [3.05, 3.63) is 29.8 Å². The molecule has 0 atom stereocenters. The Morgan fingerprint density at radius 2 is 1.67 bits per heavy atom. The summed E-state index contributed by atoms with van der Waals surface area (Å²) in [5, 5.41) is 2.93. The van der Waals surface area contributed by atoms with Crippen LogP contribution in [0, 0.1) is 5.92 Å². The molecule has 5 heteroatoms. The summed E-state index contributed by atoms with van der Waals surface area (Å²) < 4.78 is 0. The highest BCUT2D eigenvalue weighted by Gasteiger charge is 2.20. The fourth-order valence-corrected chi connectivity index (χ4v) is 3.42. The van der Waals surface area contributed by atoms with Crippen molar-refractivity contribution in [2.45, 2.75) is 32.6 Å². The Morgan fingerprint density at radius 3 is 2.29 bits per heavy atom. The molecular formula is C19H27N3O2. The standard InChI is InChI=1S/C19H27N3O2/c1-15-8-12-21(13-9-15)14-18(23)20-17-6-4-16(5-7-17)19(24)22-10-2-3-11-22/h4-7,15H,2-3,8-14H2,1H3,(H,20,23). The van der Waals surface area contributed by atoms with Gasteiger partial charge in [-0.05, 0) is 69.0 Å². The molecule has 2 aliphatic rings. The summed E-state index contributed by atoms with van der Waals surface area (Å²) in [6, 6.07) is 7.25. The summed E-state index contributed by atoms with van der Waals surface area (Å²) in [6.45, 7) is 6.41. The minimum Gasteiger partial charge on any atom is -0.339 e. The number of carbonyl (C=O) groups is 2. The smallest absolute Gasteiger partial charge is 0.253 e. The molecule has 2 amide bonds. The summed E-state index contributed by atoms with van der Waals surface area (Å²) >= 11 is 0. The molecule has 3 rings (SSSR count). The lowest BCUT2D eigenvalue weighted by atomic mass is 9.99. The molecule has 2 heterocycles. The first-order valence-corrected chi connectivity index (χ1v) is 9.03. The van der Waals surface area contributed by atoms with Crippen LogP contribution in [0.25, 0.3) is 0 Å². The van der Waals surface area contributed by atoms with E-state index >= 15 is 0 Å². The van der Waals surface area contributed by atoms with Crippen molar-refractivity contribution < 1.29 is 9.59 Å². The lowest BCUT2D eigenvalue weighted by Gasteiger charge is -2.29. The van der Waals surface area contributed by atoms with E-state index in [1.165, 1.54) is 12.8 Å². The summed E-state index contributed by atoms with van der Waals surface area (Å²) in [4.78, 5) is 28.6. The number of hydrogen-bond donors (Lipinski definition) is 1. The van der Waals surface area contributed by atoms with Crippen molar-refractivity contribution in [3.63, 3.8) is 0 Å². The van der Waals surface area contributed by atoms with Crippen LogP contribution in [0.3, 0.4) is 0 Å². The van der Waals surface area contributed by atoms with Gasteiger partial charge in [-0.3, -0.25) is 14.5 Å². The Kier molecular flexibility index (Phi) is 5.51. The zero-order chi connectivity index (χ0) is 16.9. The van der Waals surface area contributed by atoms with Crippen molar-refractivity contribution in [2.75, 3.05) is 38.0 Å². The van der Waals surface area contributed by atoms with E-state index in [0.717, 1.165) is 50.6 Å². The minimum atomic E-state index is 0.0168. The lowest BCUT2D eigenvalue weighted by Crippen LogP contribution is -2.38. The van der Waals surface area contributed by atoms with Crippen LogP contribution in [0.4, 0.5) is 5.69 Å². The van der Waals surface area contributed by atoms with Crippen LogP contribution in [0.2, 0.25) is 0 Å². The zero-order valence-electron chi connectivity index (χ0n) is 14.5. The van der Waals surface area contributed by atoms with Crippen LogP contribution in [0.1, 0.15) is 43.0 Å². The molecule has 2 saturated heterocycles. The average Bonchev–Trinajstić information content (AvgIpc) is 3.11. The molecule has 0 radical (unpaired) electrons. The number of anilines is 1. The first-order valence-electron chi connectivity index (χ1n) is 9.03. The minimum absolute atomic E-state index is 0.0168. The molecule has 1 N–H and O–H groups in total. The molecule has 0 spiro atoms. The van der Waals surface area contributed by atoms with E-state index in [2.05, 4.69) is 17.1 Å². The molecule has 0 saturated carbocycles. The van der Waals surface area contributed by atoms with Crippen LogP contribution >= 0.6 is 0 Å². The number of amides is 2. The second-order valence-corrected chi connectivity index (χ2v) is 7.08. The van der Waals surface area contributed by atoms with Crippen LogP contribution in [-0.4, -0.2) is 54.3 Å². The largest absolute Gasteiger partial charge is 0.339 e. The summed E-state index contributed by atoms with van der Waals surface area (Å²) in [6.07, 6.45) is 4.52. The van der Waals surface area contributed by atoms with E-state index in [1.54, 1.807) is 12.1 Å². The van der Waals surface area contributed by atoms with Crippen molar-refractivity contribution >= 4 is 17.5 Å². The van der Waals surface area contributed by atoms with Gasteiger partial charge in [-0.15, -0.1) is 0 Å². The molecule has 2 aliphatic heterocycles.